The number of halogens is 2. The molecule has 0 amide bonds. The Morgan fingerprint density at radius 3 is 1.96 bits per heavy atom. The molecule has 0 spiro atoms. The third-order valence-corrected chi connectivity index (χ3v) is 3.77. The largest absolute Gasteiger partial charge is 0.378 e. The monoisotopic (exact) mass is 362 g/mol. The van der Waals surface area contributed by atoms with E-state index in [9.17, 15) is 0 Å². The lowest BCUT2D eigenvalue weighted by Gasteiger charge is -2.11. The Morgan fingerprint density at radius 1 is 0.875 bits per heavy atom. The molecule has 2 aromatic rings. The minimum Gasteiger partial charge on any atom is -0.378 e. The van der Waals surface area contributed by atoms with Crippen molar-refractivity contribution in [2.24, 2.45) is 9.98 Å². The van der Waals surface area contributed by atoms with Crippen LogP contribution in [0.3, 0.4) is 0 Å². The predicted molar refractivity (Wildman–Crippen MR) is 106 cm³/mol. The second-order valence-electron chi connectivity index (χ2n) is 5.71. The number of hydrogen-bond acceptors (Lipinski definition) is 3. The molecule has 0 saturated heterocycles. The number of anilines is 1. The lowest BCUT2D eigenvalue weighted by Crippen LogP contribution is -2.08. The quantitative estimate of drug-likeness (QED) is 0.551. The van der Waals surface area contributed by atoms with Crippen molar-refractivity contribution in [2.45, 2.75) is 0 Å². The van der Waals surface area contributed by atoms with Crippen LogP contribution in [0, 0.1) is 0 Å². The molecule has 0 saturated carbocycles. The van der Waals surface area contributed by atoms with Crippen molar-refractivity contribution in [1.29, 1.82) is 0 Å². The molecule has 2 rings (SSSR count). The van der Waals surface area contributed by atoms with E-state index in [1.165, 1.54) is 0 Å². The second-order valence-corrected chi connectivity index (χ2v) is 6.52. The van der Waals surface area contributed by atoms with Crippen molar-refractivity contribution < 1.29 is 0 Å². The van der Waals surface area contributed by atoms with Crippen molar-refractivity contribution in [3.8, 4) is 0 Å². The van der Waals surface area contributed by atoms with E-state index in [2.05, 4.69) is 9.98 Å². The normalized spacial score (nSPS) is 11.4. The molecule has 0 radical (unpaired) electrons. The maximum Gasteiger partial charge on any atom is 0.102 e. The molecule has 0 aliphatic carbocycles. The summed E-state index contributed by atoms with van der Waals surface area (Å²) in [5.41, 5.74) is 3.37. The molecule has 0 aromatic heterocycles. The molecule has 24 heavy (non-hydrogen) atoms. The molecule has 0 atom stereocenters. The minimum absolute atomic E-state index is 0.468. The molecule has 4 nitrogen and oxygen atoms in total. The molecule has 2 aromatic carbocycles. The smallest absolute Gasteiger partial charge is 0.102 e. The SMILES string of the molecule is CN(C)C=Nc1c(Cl)cc(N=Cc2ccc(N(C)C)cc2)cc1Cl. The topological polar surface area (TPSA) is 31.2 Å². The zero-order valence-corrected chi connectivity index (χ0v) is 15.7. The molecule has 126 valence electrons. The minimum atomic E-state index is 0.468. The van der Waals surface area contributed by atoms with Crippen LogP contribution in [0.2, 0.25) is 10.0 Å². The van der Waals surface area contributed by atoms with Crippen molar-refractivity contribution in [1.82, 2.24) is 4.90 Å². The average molecular weight is 363 g/mol. The van der Waals surface area contributed by atoms with Gasteiger partial charge in [-0.3, -0.25) is 4.99 Å². The highest BCUT2D eigenvalue weighted by Crippen LogP contribution is 2.36. The summed E-state index contributed by atoms with van der Waals surface area (Å²) >= 11 is 12.5. The summed E-state index contributed by atoms with van der Waals surface area (Å²) in [6.07, 6.45) is 3.44. The fourth-order valence-electron chi connectivity index (χ4n) is 1.93. The van der Waals surface area contributed by atoms with Gasteiger partial charge in [0.2, 0.25) is 0 Å². The zero-order valence-electron chi connectivity index (χ0n) is 14.2. The lowest BCUT2D eigenvalue weighted by atomic mass is 10.2. The summed E-state index contributed by atoms with van der Waals surface area (Å²) in [7, 11) is 7.78. The molecule has 0 aliphatic heterocycles. The van der Waals surface area contributed by atoms with Crippen LogP contribution in [-0.4, -0.2) is 45.6 Å². The van der Waals surface area contributed by atoms with Gasteiger partial charge in [0.05, 0.1) is 22.1 Å². The second kappa shape index (κ2) is 8.18. The van der Waals surface area contributed by atoms with Crippen molar-refractivity contribution >= 4 is 52.8 Å². The Balaban J connectivity index is 2.21. The van der Waals surface area contributed by atoms with Crippen molar-refractivity contribution in [3.63, 3.8) is 0 Å². The highest BCUT2D eigenvalue weighted by molar-refractivity contribution is 6.39. The average Bonchev–Trinajstić information content (AvgIpc) is 2.52. The van der Waals surface area contributed by atoms with E-state index in [4.69, 9.17) is 23.2 Å². The van der Waals surface area contributed by atoms with Gasteiger partial charge in [0.15, 0.2) is 0 Å². The van der Waals surface area contributed by atoms with Gasteiger partial charge in [-0.25, -0.2) is 4.99 Å². The van der Waals surface area contributed by atoms with Gasteiger partial charge in [0.1, 0.15) is 5.69 Å². The van der Waals surface area contributed by atoms with Gasteiger partial charge < -0.3 is 9.80 Å². The predicted octanol–water partition coefficient (Wildman–Crippen LogP) is 5.03. The molecule has 6 heteroatoms. The third kappa shape index (κ3) is 4.98. The van der Waals surface area contributed by atoms with Gasteiger partial charge in [-0.1, -0.05) is 35.3 Å². The first-order valence-electron chi connectivity index (χ1n) is 7.38. The Morgan fingerprint density at radius 2 is 1.46 bits per heavy atom. The summed E-state index contributed by atoms with van der Waals surface area (Å²) < 4.78 is 0. The van der Waals surface area contributed by atoms with Crippen molar-refractivity contribution in [2.75, 3.05) is 33.1 Å². The molecular formula is C18H20Cl2N4. The van der Waals surface area contributed by atoms with E-state index in [0.29, 0.717) is 21.4 Å². The van der Waals surface area contributed by atoms with Gasteiger partial charge >= 0.3 is 0 Å². The van der Waals surface area contributed by atoms with Gasteiger partial charge in [-0.15, -0.1) is 0 Å². The van der Waals surface area contributed by atoms with Crippen molar-refractivity contribution in [3.05, 3.63) is 52.0 Å². The highest BCUT2D eigenvalue weighted by atomic mass is 35.5. The Kier molecular flexibility index (Phi) is 6.23. The number of nitrogens with zero attached hydrogens (tertiary/aromatic N) is 4. The first-order chi connectivity index (χ1) is 11.4. The van der Waals surface area contributed by atoms with Crippen LogP contribution < -0.4 is 4.90 Å². The summed E-state index contributed by atoms with van der Waals surface area (Å²) in [6, 6.07) is 11.6. The number of hydrogen-bond donors (Lipinski definition) is 0. The number of benzene rings is 2. The van der Waals surface area contributed by atoms with E-state index in [1.54, 1.807) is 24.7 Å². The lowest BCUT2D eigenvalue weighted by molar-refractivity contribution is 0.643. The molecule has 0 aliphatic rings. The fourth-order valence-corrected chi connectivity index (χ4v) is 2.50. The molecular weight excluding hydrogens is 343 g/mol. The number of aliphatic imine (C=N–C) groups is 2. The Bertz CT molecular complexity index is 727. The Hall–Kier alpha value is -2.04. The first-order valence-corrected chi connectivity index (χ1v) is 8.13. The van der Waals surface area contributed by atoms with E-state index in [1.807, 2.05) is 62.3 Å². The highest BCUT2D eigenvalue weighted by Gasteiger charge is 2.06. The van der Waals surface area contributed by atoms with Crippen LogP contribution in [0.1, 0.15) is 5.56 Å². The van der Waals surface area contributed by atoms with Crippen LogP contribution in [0.4, 0.5) is 17.1 Å². The maximum atomic E-state index is 6.26. The Labute approximate surface area is 153 Å². The van der Waals surface area contributed by atoms with Crippen LogP contribution in [0.15, 0.2) is 46.4 Å². The van der Waals surface area contributed by atoms with E-state index >= 15 is 0 Å². The first kappa shape index (κ1) is 18.3. The summed E-state index contributed by atoms with van der Waals surface area (Å²) in [5.74, 6) is 0. The standard InChI is InChI=1S/C18H20Cl2N4/c1-23(2)12-22-18-16(19)9-14(10-17(18)20)21-11-13-5-7-15(8-6-13)24(3)4/h5-12H,1-4H3. The van der Waals surface area contributed by atoms with Gasteiger partial charge in [-0.2, -0.15) is 0 Å². The third-order valence-electron chi connectivity index (χ3n) is 3.19. The summed E-state index contributed by atoms with van der Waals surface area (Å²) in [5, 5.41) is 0.936. The van der Waals surface area contributed by atoms with Gasteiger partial charge in [0, 0.05) is 40.1 Å². The maximum absolute atomic E-state index is 6.26. The van der Waals surface area contributed by atoms with Crippen LogP contribution >= 0.6 is 23.2 Å². The van der Waals surface area contributed by atoms with E-state index < -0.39 is 0 Å². The van der Waals surface area contributed by atoms with Crippen LogP contribution in [-0.2, 0) is 0 Å². The van der Waals surface area contributed by atoms with Gasteiger partial charge in [-0.05, 0) is 29.8 Å². The van der Waals surface area contributed by atoms with E-state index in [-0.39, 0.29) is 0 Å². The number of rotatable bonds is 5. The molecule has 0 fully saturated rings. The van der Waals surface area contributed by atoms with Gasteiger partial charge in [0.25, 0.3) is 0 Å². The summed E-state index contributed by atoms with van der Waals surface area (Å²) in [4.78, 5) is 12.6. The fraction of sp³-hybridized carbons (Fsp3) is 0.222. The zero-order chi connectivity index (χ0) is 17.7. The molecule has 0 bridgehead atoms. The molecule has 0 heterocycles. The van der Waals surface area contributed by atoms with E-state index in [0.717, 1.165) is 11.3 Å². The molecule has 0 N–H and O–H groups in total. The molecule has 0 unspecified atom stereocenters. The van der Waals surface area contributed by atoms with Crippen LogP contribution in [0.25, 0.3) is 0 Å². The van der Waals surface area contributed by atoms with Crippen LogP contribution in [0.5, 0.6) is 0 Å². The summed E-state index contributed by atoms with van der Waals surface area (Å²) in [6.45, 7) is 0.